The second-order valence-electron chi connectivity index (χ2n) is 3.47. The number of thiazole rings is 1. The van der Waals surface area contributed by atoms with Crippen molar-refractivity contribution in [1.29, 1.82) is 0 Å². The molecule has 0 amide bonds. The first-order valence-electron chi connectivity index (χ1n) is 5.31. The van der Waals surface area contributed by atoms with E-state index in [1.807, 2.05) is 5.38 Å². The molecule has 16 heavy (non-hydrogen) atoms. The molecule has 1 N–H and O–H groups in total. The second-order valence-corrected chi connectivity index (χ2v) is 4.34. The van der Waals surface area contributed by atoms with Crippen LogP contribution in [0.3, 0.4) is 0 Å². The van der Waals surface area contributed by atoms with Crippen LogP contribution in [0.4, 0.5) is 0 Å². The van der Waals surface area contributed by atoms with Crippen molar-refractivity contribution in [1.82, 2.24) is 20.0 Å². The zero-order valence-electron chi connectivity index (χ0n) is 9.13. The fourth-order valence-electron chi connectivity index (χ4n) is 1.52. The molecule has 0 unspecified atom stereocenters. The molecular weight excluding hydrogens is 224 g/mol. The Hall–Kier alpha value is -1.27. The first kappa shape index (κ1) is 11.2. The Morgan fingerprint density at radius 3 is 3.00 bits per heavy atom. The number of aliphatic hydroxyl groups is 1. The third kappa shape index (κ3) is 2.12. The van der Waals surface area contributed by atoms with Gasteiger partial charge in [-0.05, 0) is 12.8 Å². The zero-order chi connectivity index (χ0) is 11.4. The summed E-state index contributed by atoms with van der Waals surface area (Å²) in [6.07, 6.45) is 4.78. The second kappa shape index (κ2) is 5.18. The van der Waals surface area contributed by atoms with Crippen molar-refractivity contribution in [3.05, 3.63) is 23.0 Å². The Morgan fingerprint density at radius 1 is 1.50 bits per heavy atom. The maximum atomic E-state index is 9.20. The van der Waals surface area contributed by atoms with Crippen molar-refractivity contribution >= 4 is 11.3 Å². The monoisotopic (exact) mass is 238 g/mol. The smallest absolute Gasteiger partial charge is 0.211 e. The third-order valence-corrected chi connectivity index (χ3v) is 3.11. The van der Waals surface area contributed by atoms with Gasteiger partial charge in [-0.15, -0.1) is 16.4 Å². The van der Waals surface area contributed by atoms with Gasteiger partial charge < -0.3 is 5.11 Å². The topological polar surface area (TPSA) is 63.8 Å². The molecule has 6 heteroatoms. The quantitative estimate of drug-likeness (QED) is 0.858. The number of unbranched alkanes of at least 4 members (excludes halogenated alkanes) is 1. The highest BCUT2D eigenvalue weighted by Crippen LogP contribution is 2.17. The maximum Gasteiger partial charge on any atom is 0.211 e. The van der Waals surface area contributed by atoms with E-state index in [0.29, 0.717) is 5.69 Å². The normalized spacial score (nSPS) is 10.9. The van der Waals surface area contributed by atoms with E-state index in [2.05, 4.69) is 22.2 Å². The summed E-state index contributed by atoms with van der Waals surface area (Å²) in [4.78, 5) is 4.20. The highest BCUT2D eigenvalue weighted by Gasteiger charge is 2.14. The lowest BCUT2D eigenvalue weighted by Gasteiger charge is -2.03. The van der Waals surface area contributed by atoms with Gasteiger partial charge in [0.2, 0.25) is 5.13 Å². The first-order chi connectivity index (χ1) is 7.86. The number of rotatable bonds is 5. The minimum Gasteiger partial charge on any atom is -0.390 e. The number of hydrogen-bond donors (Lipinski definition) is 1. The predicted molar refractivity (Wildman–Crippen MR) is 61.6 cm³/mol. The Balaban J connectivity index is 2.34. The van der Waals surface area contributed by atoms with Gasteiger partial charge in [-0.1, -0.05) is 18.6 Å². The van der Waals surface area contributed by atoms with Crippen LogP contribution in [0.1, 0.15) is 31.2 Å². The third-order valence-electron chi connectivity index (χ3n) is 2.36. The van der Waals surface area contributed by atoms with E-state index >= 15 is 0 Å². The van der Waals surface area contributed by atoms with Crippen molar-refractivity contribution < 1.29 is 5.11 Å². The van der Waals surface area contributed by atoms with E-state index in [0.717, 1.165) is 30.1 Å². The molecule has 0 saturated carbocycles. The molecule has 86 valence electrons. The summed E-state index contributed by atoms with van der Waals surface area (Å²) < 4.78 is 1.73. The summed E-state index contributed by atoms with van der Waals surface area (Å²) in [7, 11) is 0. The lowest BCUT2D eigenvalue weighted by molar-refractivity contribution is 0.275. The van der Waals surface area contributed by atoms with E-state index < -0.39 is 0 Å². The number of aliphatic hydroxyl groups excluding tert-OH is 1. The molecule has 0 radical (unpaired) electrons. The standard InChI is InChI=1S/C10H14N4OS/c1-2-3-4-9-8(7-15)12-13-14(9)10-11-5-6-16-10/h5-6,15H,2-4,7H2,1H3. The van der Waals surface area contributed by atoms with Gasteiger partial charge in [-0.25, -0.2) is 4.98 Å². The molecule has 2 heterocycles. The molecular formula is C10H14N4OS. The SMILES string of the molecule is CCCCc1c(CO)nnn1-c1nccs1. The van der Waals surface area contributed by atoms with Crippen LogP contribution in [0.5, 0.6) is 0 Å². The van der Waals surface area contributed by atoms with Crippen molar-refractivity contribution in [3.63, 3.8) is 0 Å². The molecule has 2 aromatic rings. The van der Waals surface area contributed by atoms with E-state index in [1.165, 1.54) is 11.3 Å². The van der Waals surface area contributed by atoms with Gasteiger partial charge >= 0.3 is 0 Å². The van der Waals surface area contributed by atoms with Gasteiger partial charge in [0.15, 0.2) is 0 Å². The average molecular weight is 238 g/mol. The lowest BCUT2D eigenvalue weighted by atomic mass is 10.2. The van der Waals surface area contributed by atoms with Crippen LogP contribution >= 0.6 is 11.3 Å². The summed E-state index contributed by atoms with van der Waals surface area (Å²) >= 11 is 1.52. The molecule has 0 bridgehead atoms. The molecule has 0 fully saturated rings. The Labute approximate surface area is 97.8 Å². The van der Waals surface area contributed by atoms with E-state index in [4.69, 9.17) is 0 Å². The Kier molecular flexibility index (Phi) is 3.63. The molecule has 0 aliphatic rings. The largest absolute Gasteiger partial charge is 0.390 e. The highest BCUT2D eigenvalue weighted by atomic mass is 32.1. The van der Waals surface area contributed by atoms with Crippen LogP contribution in [0.2, 0.25) is 0 Å². The molecule has 2 rings (SSSR count). The fraction of sp³-hybridized carbons (Fsp3) is 0.500. The Bertz CT molecular complexity index is 438. The number of aromatic nitrogens is 4. The molecule has 0 atom stereocenters. The van der Waals surface area contributed by atoms with Crippen molar-refractivity contribution in [2.45, 2.75) is 32.8 Å². The predicted octanol–water partition coefficient (Wildman–Crippen LogP) is 1.56. The molecule has 0 spiro atoms. The van der Waals surface area contributed by atoms with Gasteiger partial charge in [0.1, 0.15) is 5.69 Å². The first-order valence-corrected chi connectivity index (χ1v) is 6.19. The van der Waals surface area contributed by atoms with Gasteiger partial charge in [0.25, 0.3) is 0 Å². The summed E-state index contributed by atoms with van der Waals surface area (Å²) in [5, 5.41) is 19.9. The van der Waals surface area contributed by atoms with E-state index in [1.54, 1.807) is 10.9 Å². The van der Waals surface area contributed by atoms with Gasteiger partial charge in [-0.2, -0.15) is 4.68 Å². The number of hydrogen-bond acceptors (Lipinski definition) is 5. The van der Waals surface area contributed by atoms with Crippen molar-refractivity contribution in [3.8, 4) is 5.13 Å². The molecule has 0 saturated heterocycles. The fourth-order valence-corrected chi connectivity index (χ4v) is 2.14. The maximum absolute atomic E-state index is 9.20. The minimum absolute atomic E-state index is 0.0651. The Morgan fingerprint density at radius 2 is 2.38 bits per heavy atom. The lowest BCUT2D eigenvalue weighted by Crippen LogP contribution is -2.03. The van der Waals surface area contributed by atoms with Crippen LogP contribution in [0.25, 0.3) is 5.13 Å². The van der Waals surface area contributed by atoms with Crippen LogP contribution in [0.15, 0.2) is 11.6 Å². The average Bonchev–Trinajstić information content (AvgIpc) is 2.94. The van der Waals surface area contributed by atoms with Crippen molar-refractivity contribution in [2.24, 2.45) is 0 Å². The minimum atomic E-state index is -0.0651. The zero-order valence-corrected chi connectivity index (χ0v) is 9.94. The van der Waals surface area contributed by atoms with Gasteiger partial charge in [0, 0.05) is 11.6 Å². The van der Waals surface area contributed by atoms with Gasteiger partial charge in [0.05, 0.1) is 12.3 Å². The summed E-state index contributed by atoms with van der Waals surface area (Å²) in [5.41, 5.74) is 1.63. The molecule has 5 nitrogen and oxygen atoms in total. The summed E-state index contributed by atoms with van der Waals surface area (Å²) in [5.74, 6) is 0. The summed E-state index contributed by atoms with van der Waals surface area (Å²) in [6, 6.07) is 0. The van der Waals surface area contributed by atoms with Crippen molar-refractivity contribution in [2.75, 3.05) is 0 Å². The van der Waals surface area contributed by atoms with Crippen LogP contribution < -0.4 is 0 Å². The molecule has 0 aliphatic heterocycles. The number of nitrogens with zero attached hydrogens (tertiary/aromatic N) is 4. The van der Waals surface area contributed by atoms with Crippen LogP contribution in [0, 0.1) is 0 Å². The van der Waals surface area contributed by atoms with E-state index in [9.17, 15) is 5.11 Å². The van der Waals surface area contributed by atoms with E-state index in [-0.39, 0.29) is 6.61 Å². The van der Waals surface area contributed by atoms with Crippen LogP contribution in [-0.2, 0) is 13.0 Å². The highest BCUT2D eigenvalue weighted by molar-refractivity contribution is 7.12. The molecule has 0 aromatic carbocycles. The molecule has 0 aliphatic carbocycles. The van der Waals surface area contributed by atoms with Gasteiger partial charge in [-0.3, -0.25) is 0 Å². The summed E-state index contributed by atoms with van der Waals surface area (Å²) in [6.45, 7) is 2.07. The molecule has 2 aromatic heterocycles. The van der Waals surface area contributed by atoms with Crippen LogP contribution in [-0.4, -0.2) is 25.1 Å².